The van der Waals surface area contributed by atoms with Crippen LogP contribution in [0.4, 0.5) is 0 Å². The minimum atomic E-state index is 0.760. The van der Waals surface area contributed by atoms with Crippen LogP contribution in [0.2, 0.25) is 0 Å². The Morgan fingerprint density at radius 2 is 1.67 bits per heavy atom. The average Bonchev–Trinajstić information content (AvgIpc) is 3.01. The molecule has 2 heterocycles. The molecule has 0 bridgehead atoms. The molecule has 3 fully saturated rings. The molecule has 3 nitrogen and oxygen atoms in total. The minimum Gasteiger partial charge on any atom is -0.330 e. The van der Waals surface area contributed by atoms with Crippen molar-refractivity contribution in [3.8, 4) is 0 Å². The lowest BCUT2D eigenvalue weighted by atomic mass is 9.77. The first-order chi connectivity index (χ1) is 10.3. The van der Waals surface area contributed by atoms with Crippen molar-refractivity contribution < 1.29 is 0 Å². The second-order valence-electron chi connectivity index (χ2n) is 7.97. The molecule has 2 aliphatic heterocycles. The second-order valence-corrected chi connectivity index (χ2v) is 7.97. The number of rotatable bonds is 4. The molecule has 0 spiro atoms. The molecule has 0 aromatic heterocycles. The third-order valence-electron chi connectivity index (χ3n) is 6.35. The first-order valence-corrected chi connectivity index (χ1v) is 9.42. The Balaban J connectivity index is 1.47. The van der Waals surface area contributed by atoms with Crippen molar-refractivity contribution in [2.24, 2.45) is 23.5 Å². The van der Waals surface area contributed by atoms with Gasteiger partial charge in [0.25, 0.3) is 0 Å². The highest BCUT2D eigenvalue weighted by molar-refractivity contribution is 4.89. The molecule has 3 unspecified atom stereocenters. The van der Waals surface area contributed by atoms with Crippen molar-refractivity contribution in [3.05, 3.63) is 0 Å². The van der Waals surface area contributed by atoms with Crippen LogP contribution in [0.5, 0.6) is 0 Å². The van der Waals surface area contributed by atoms with Gasteiger partial charge in [-0.1, -0.05) is 13.3 Å². The van der Waals surface area contributed by atoms with E-state index in [1.54, 1.807) is 0 Å². The first-order valence-electron chi connectivity index (χ1n) is 9.42. The fraction of sp³-hybridized carbons (Fsp3) is 1.00. The molecular formula is C18H35N3. The van der Waals surface area contributed by atoms with E-state index in [2.05, 4.69) is 16.7 Å². The molecule has 2 N–H and O–H groups in total. The zero-order chi connectivity index (χ0) is 14.7. The molecule has 122 valence electrons. The zero-order valence-electron chi connectivity index (χ0n) is 14.0. The van der Waals surface area contributed by atoms with E-state index >= 15 is 0 Å². The van der Waals surface area contributed by atoms with Crippen molar-refractivity contribution in [2.45, 2.75) is 57.9 Å². The van der Waals surface area contributed by atoms with Gasteiger partial charge in [0.1, 0.15) is 0 Å². The molecule has 21 heavy (non-hydrogen) atoms. The monoisotopic (exact) mass is 293 g/mol. The van der Waals surface area contributed by atoms with Crippen molar-refractivity contribution in [1.82, 2.24) is 9.80 Å². The van der Waals surface area contributed by atoms with E-state index in [0.717, 1.165) is 30.3 Å². The van der Waals surface area contributed by atoms with Crippen LogP contribution >= 0.6 is 0 Å². The van der Waals surface area contributed by atoms with Crippen LogP contribution in [-0.4, -0.2) is 55.1 Å². The summed E-state index contributed by atoms with van der Waals surface area (Å²) in [5.74, 6) is 2.62. The highest BCUT2D eigenvalue weighted by atomic mass is 15.2. The Labute approximate surface area is 131 Å². The SMILES string of the molecule is CC1CCC(CN)C(N2CCC(CN3CCCC3)CC2)C1. The Morgan fingerprint density at radius 1 is 0.952 bits per heavy atom. The summed E-state index contributed by atoms with van der Waals surface area (Å²) in [5.41, 5.74) is 6.05. The molecule has 0 amide bonds. The third-order valence-corrected chi connectivity index (χ3v) is 6.35. The van der Waals surface area contributed by atoms with Crippen LogP contribution in [0.25, 0.3) is 0 Å². The largest absolute Gasteiger partial charge is 0.330 e. The van der Waals surface area contributed by atoms with Crippen LogP contribution in [0.15, 0.2) is 0 Å². The number of likely N-dealkylation sites (tertiary alicyclic amines) is 2. The normalized spacial score (nSPS) is 37.1. The quantitative estimate of drug-likeness (QED) is 0.864. The van der Waals surface area contributed by atoms with Crippen LogP contribution in [0.1, 0.15) is 51.9 Å². The van der Waals surface area contributed by atoms with Crippen LogP contribution in [0.3, 0.4) is 0 Å². The average molecular weight is 293 g/mol. The molecule has 1 aliphatic carbocycles. The molecule has 3 rings (SSSR count). The number of nitrogens with zero attached hydrogens (tertiary/aromatic N) is 2. The maximum atomic E-state index is 6.05. The summed E-state index contributed by atoms with van der Waals surface area (Å²) in [7, 11) is 0. The Morgan fingerprint density at radius 3 is 2.33 bits per heavy atom. The smallest absolute Gasteiger partial charge is 0.0138 e. The lowest BCUT2D eigenvalue weighted by Crippen LogP contribution is -2.50. The van der Waals surface area contributed by atoms with Crippen molar-refractivity contribution in [1.29, 1.82) is 0 Å². The summed E-state index contributed by atoms with van der Waals surface area (Å²) in [6, 6.07) is 0.784. The summed E-state index contributed by atoms with van der Waals surface area (Å²) >= 11 is 0. The predicted octanol–water partition coefficient (Wildman–Crippen LogP) is 2.56. The molecule has 3 heteroatoms. The fourth-order valence-corrected chi connectivity index (χ4v) is 4.93. The van der Waals surface area contributed by atoms with Crippen molar-refractivity contribution in [3.63, 3.8) is 0 Å². The third kappa shape index (κ3) is 4.00. The van der Waals surface area contributed by atoms with Gasteiger partial charge < -0.3 is 15.5 Å². The van der Waals surface area contributed by atoms with Gasteiger partial charge in [0, 0.05) is 12.6 Å². The lowest BCUT2D eigenvalue weighted by molar-refractivity contribution is 0.0501. The fourth-order valence-electron chi connectivity index (χ4n) is 4.93. The summed E-state index contributed by atoms with van der Waals surface area (Å²) in [6.45, 7) is 10.1. The van der Waals surface area contributed by atoms with Gasteiger partial charge in [-0.05, 0) is 89.0 Å². The van der Waals surface area contributed by atoms with E-state index in [9.17, 15) is 0 Å². The summed E-state index contributed by atoms with van der Waals surface area (Å²) in [6.07, 6.45) is 9.82. The van der Waals surface area contributed by atoms with Crippen LogP contribution < -0.4 is 5.73 Å². The maximum absolute atomic E-state index is 6.05. The first kappa shape index (κ1) is 15.8. The van der Waals surface area contributed by atoms with E-state index in [4.69, 9.17) is 5.73 Å². The number of hydrogen-bond donors (Lipinski definition) is 1. The Bertz CT molecular complexity index is 306. The topological polar surface area (TPSA) is 32.5 Å². The van der Waals surface area contributed by atoms with Gasteiger partial charge >= 0.3 is 0 Å². The van der Waals surface area contributed by atoms with Gasteiger partial charge in [-0.3, -0.25) is 0 Å². The van der Waals surface area contributed by atoms with Gasteiger partial charge in [-0.15, -0.1) is 0 Å². The van der Waals surface area contributed by atoms with Gasteiger partial charge in [-0.2, -0.15) is 0 Å². The number of nitrogens with two attached hydrogens (primary N) is 1. The molecule has 0 aromatic rings. The summed E-state index contributed by atoms with van der Waals surface area (Å²) in [5, 5.41) is 0. The van der Waals surface area contributed by atoms with E-state index in [1.165, 1.54) is 77.7 Å². The van der Waals surface area contributed by atoms with E-state index in [1.807, 2.05) is 0 Å². The lowest BCUT2D eigenvalue weighted by Gasteiger charge is -2.45. The second kappa shape index (κ2) is 7.43. The Kier molecular flexibility index (Phi) is 5.58. The minimum absolute atomic E-state index is 0.760. The molecule has 0 aromatic carbocycles. The zero-order valence-corrected chi connectivity index (χ0v) is 14.0. The molecule has 0 radical (unpaired) electrons. The molecule has 3 atom stereocenters. The molecule has 2 saturated heterocycles. The van der Waals surface area contributed by atoms with E-state index in [-0.39, 0.29) is 0 Å². The standard InChI is InChI=1S/C18H35N3/c1-15-4-5-17(13-19)18(12-15)21-10-6-16(7-11-21)14-20-8-2-3-9-20/h15-18H,2-14,19H2,1H3. The summed E-state index contributed by atoms with van der Waals surface area (Å²) < 4.78 is 0. The van der Waals surface area contributed by atoms with Crippen molar-refractivity contribution >= 4 is 0 Å². The summed E-state index contributed by atoms with van der Waals surface area (Å²) in [4.78, 5) is 5.50. The number of piperidine rings is 1. The van der Waals surface area contributed by atoms with Crippen LogP contribution in [-0.2, 0) is 0 Å². The number of hydrogen-bond acceptors (Lipinski definition) is 3. The molecule has 1 saturated carbocycles. The van der Waals surface area contributed by atoms with Gasteiger partial charge in [-0.25, -0.2) is 0 Å². The van der Waals surface area contributed by atoms with Gasteiger partial charge in [0.2, 0.25) is 0 Å². The predicted molar refractivity (Wildman–Crippen MR) is 89.3 cm³/mol. The Hall–Kier alpha value is -0.120. The van der Waals surface area contributed by atoms with Crippen LogP contribution in [0, 0.1) is 17.8 Å². The highest BCUT2D eigenvalue weighted by Gasteiger charge is 2.34. The van der Waals surface area contributed by atoms with E-state index < -0.39 is 0 Å². The van der Waals surface area contributed by atoms with Gasteiger partial charge in [0.15, 0.2) is 0 Å². The van der Waals surface area contributed by atoms with Crippen molar-refractivity contribution in [2.75, 3.05) is 39.3 Å². The van der Waals surface area contributed by atoms with Gasteiger partial charge in [0.05, 0.1) is 0 Å². The molecule has 3 aliphatic rings. The molecular weight excluding hydrogens is 258 g/mol. The van der Waals surface area contributed by atoms with E-state index in [0.29, 0.717) is 0 Å². The maximum Gasteiger partial charge on any atom is 0.0138 e. The highest BCUT2D eigenvalue weighted by Crippen LogP contribution is 2.34.